The Hall–Kier alpha value is -5.12. The van der Waals surface area contributed by atoms with Crippen LogP contribution in [0.3, 0.4) is 0 Å². The number of hydrogen-bond acceptors (Lipinski definition) is 9. The van der Waals surface area contributed by atoms with Gasteiger partial charge in [-0.2, -0.15) is 0 Å². The average Bonchev–Trinajstić information content (AvgIpc) is 3.09. The van der Waals surface area contributed by atoms with Crippen molar-refractivity contribution in [3.8, 4) is 17.2 Å². The number of carbonyl (C=O) groups is 4. The molecule has 0 unspecified atom stereocenters. The van der Waals surface area contributed by atoms with Gasteiger partial charge in [0.1, 0.15) is 17.2 Å². The molecule has 0 bridgehead atoms. The largest absolute Gasteiger partial charge is 0.494 e. The van der Waals surface area contributed by atoms with Crippen molar-refractivity contribution in [2.75, 3.05) is 32.2 Å². The lowest BCUT2D eigenvalue weighted by Gasteiger charge is -2.13. The van der Waals surface area contributed by atoms with Gasteiger partial charge in [0.25, 0.3) is 5.91 Å². The Balaban J connectivity index is 1.51. The highest BCUT2D eigenvalue weighted by Crippen LogP contribution is 2.25. The number of unbranched alkanes of at least 4 members (excludes halogenated alkanes) is 6. The summed E-state index contributed by atoms with van der Waals surface area (Å²) in [5, 5.41) is 2.72. The van der Waals surface area contributed by atoms with Gasteiger partial charge in [-0.15, -0.1) is 0 Å². The summed E-state index contributed by atoms with van der Waals surface area (Å²) in [4.78, 5) is 49.3. The standard InChI is InChI=1S/C37H43NO9/c1-4-6-7-10-23-44-30-19-15-28(16-20-30)36(41)47-31-21-22-33(32(26-31)37(42)43-3)38-35(40)27-13-17-29(18-14-27)45-24-11-8-9-12-25-46-34(39)5-2/h5,13-22,26H,2,4,6-12,23-25H2,1,3H3,(H,38,40). The number of esters is 3. The first-order valence-electron chi connectivity index (χ1n) is 15.9. The van der Waals surface area contributed by atoms with E-state index >= 15 is 0 Å². The van der Waals surface area contributed by atoms with Crippen LogP contribution < -0.4 is 19.5 Å². The van der Waals surface area contributed by atoms with Crippen LogP contribution in [0.5, 0.6) is 17.2 Å². The fourth-order valence-electron chi connectivity index (χ4n) is 4.42. The lowest BCUT2D eigenvalue weighted by Crippen LogP contribution is -2.16. The number of methoxy groups -OCH3 is 1. The van der Waals surface area contributed by atoms with E-state index in [0.717, 1.165) is 51.0 Å². The molecule has 10 heteroatoms. The van der Waals surface area contributed by atoms with Crippen LogP contribution >= 0.6 is 0 Å². The smallest absolute Gasteiger partial charge is 0.343 e. The SMILES string of the molecule is C=CC(=O)OCCCCCCOc1ccc(C(=O)Nc2ccc(OC(=O)c3ccc(OCCCCCC)cc3)cc2C(=O)OC)cc1. The lowest BCUT2D eigenvalue weighted by atomic mass is 10.1. The van der Waals surface area contributed by atoms with Gasteiger partial charge in [-0.05, 0) is 98.8 Å². The molecular weight excluding hydrogens is 602 g/mol. The Morgan fingerprint density at radius 2 is 1.23 bits per heavy atom. The Labute approximate surface area is 276 Å². The average molecular weight is 646 g/mol. The van der Waals surface area contributed by atoms with Gasteiger partial charge < -0.3 is 29.0 Å². The normalized spacial score (nSPS) is 10.4. The summed E-state index contributed by atoms with van der Waals surface area (Å²) in [6.45, 7) is 7.01. The van der Waals surface area contributed by atoms with E-state index in [1.54, 1.807) is 48.5 Å². The predicted molar refractivity (Wildman–Crippen MR) is 178 cm³/mol. The van der Waals surface area contributed by atoms with E-state index in [0.29, 0.717) is 42.4 Å². The summed E-state index contributed by atoms with van der Waals surface area (Å²) in [5.41, 5.74) is 0.890. The molecule has 0 saturated carbocycles. The minimum atomic E-state index is -0.708. The van der Waals surface area contributed by atoms with Gasteiger partial charge >= 0.3 is 17.9 Å². The molecule has 0 radical (unpaired) electrons. The van der Waals surface area contributed by atoms with E-state index in [-0.39, 0.29) is 17.0 Å². The van der Waals surface area contributed by atoms with Gasteiger partial charge in [-0.25, -0.2) is 14.4 Å². The number of anilines is 1. The second kappa shape index (κ2) is 20.1. The summed E-state index contributed by atoms with van der Waals surface area (Å²) in [6.07, 6.45) is 9.01. The molecule has 0 aliphatic heterocycles. The highest BCUT2D eigenvalue weighted by Gasteiger charge is 2.18. The quantitative estimate of drug-likeness (QED) is 0.0573. The Morgan fingerprint density at radius 3 is 1.81 bits per heavy atom. The van der Waals surface area contributed by atoms with Crippen LogP contribution in [0.1, 0.15) is 89.4 Å². The number of rotatable bonds is 20. The molecule has 3 aromatic carbocycles. The fraction of sp³-hybridized carbons (Fsp3) is 0.351. The van der Waals surface area contributed by atoms with Crippen molar-refractivity contribution >= 4 is 29.5 Å². The minimum Gasteiger partial charge on any atom is -0.494 e. The molecule has 47 heavy (non-hydrogen) atoms. The van der Waals surface area contributed by atoms with E-state index in [9.17, 15) is 19.2 Å². The Bertz CT molecular complexity index is 1470. The van der Waals surface area contributed by atoms with Crippen molar-refractivity contribution in [1.29, 1.82) is 0 Å². The van der Waals surface area contributed by atoms with Crippen molar-refractivity contribution in [2.24, 2.45) is 0 Å². The third-order valence-corrected chi connectivity index (χ3v) is 7.05. The molecule has 3 rings (SSSR count). The van der Waals surface area contributed by atoms with Crippen molar-refractivity contribution in [3.63, 3.8) is 0 Å². The van der Waals surface area contributed by atoms with Crippen molar-refractivity contribution < 1.29 is 42.9 Å². The van der Waals surface area contributed by atoms with Crippen LogP contribution in [-0.2, 0) is 14.3 Å². The zero-order chi connectivity index (χ0) is 33.9. The molecule has 0 aliphatic rings. The summed E-state index contributed by atoms with van der Waals surface area (Å²) in [7, 11) is 1.22. The molecule has 0 fully saturated rings. The molecule has 0 aliphatic carbocycles. The van der Waals surface area contributed by atoms with Crippen LogP contribution in [0, 0.1) is 0 Å². The van der Waals surface area contributed by atoms with Crippen LogP contribution in [0.25, 0.3) is 0 Å². The molecule has 0 aromatic heterocycles. The Kier molecular flexibility index (Phi) is 15.5. The first kappa shape index (κ1) is 36.3. The van der Waals surface area contributed by atoms with Gasteiger partial charge in [-0.3, -0.25) is 4.79 Å². The number of hydrogen-bond donors (Lipinski definition) is 1. The number of carbonyl (C=O) groups excluding carboxylic acids is 4. The third-order valence-electron chi connectivity index (χ3n) is 7.05. The van der Waals surface area contributed by atoms with Gasteiger partial charge in [0.05, 0.1) is 43.7 Å². The van der Waals surface area contributed by atoms with Crippen LogP contribution in [0.15, 0.2) is 79.4 Å². The number of benzene rings is 3. The zero-order valence-electron chi connectivity index (χ0n) is 27.1. The molecular formula is C37H43NO9. The highest BCUT2D eigenvalue weighted by atomic mass is 16.5. The third kappa shape index (κ3) is 12.7. The first-order valence-corrected chi connectivity index (χ1v) is 15.9. The molecule has 1 N–H and O–H groups in total. The fourth-order valence-corrected chi connectivity index (χ4v) is 4.42. The number of ether oxygens (including phenoxy) is 5. The van der Waals surface area contributed by atoms with E-state index in [1.165, 1.54) is 31.7 Å². The summed E-state index contributed by atoms with van der Waals surface area (Å²) in [5.74, 6) is -0.781. The maximum atomic E-state index is 13.0. The van der Waals surface area contributed by atoms with E-state index in [4.69, 9.17) is 23.7 Å². The molecule has 0 heterocycles. The lowest BCUT2D eigenvalue weighted by molar-refractivity contribution is -0.137. The van der Waals surface area contributed by atoms with E-state index in [2.05, 4.69) is 18.8 Å². The van der Waals surface area contributed by atoms with Gasteiger partial charge in [-0.1, -0.05) is 32.8 Å². The maximum Gasteiger partial charge on any atom is 0.343 e. The van der Waals surface area contributed by atoms with Gasteiger partial charge in [0, 0.05) is 11.6 Å². The molecule has 0 saturated heterocycles. The Morgan fingerprint density at radius 1 is 0.681 bits per heavy atom. The second-order valence-electron chi connectivity index (χ2n) is 10.6. The second-order valence-corrected chi connectivity index (χ2v) is 10.6. The molecule has 0 spiro atoms. The topological polar surface area (TPSA) is 126 Å². The number of amides is 1. The predicted octanol–water partition coefficient (Wildman–Crippen LogP) is 7.57. The molecule has 1 amide bonds. The van der Waals surface area contributed by atoms with E-state index in [1.807, 2.05) is 0 Å². The van der Waals surface area contributed by atoms with Crippen LogP contribution in [0.4, 0.5) is 5.69 Å². The van der Waals surface area contributed by atoms with Gasteiger partial charge in [0.15, 0.2) is 0 Å². The van der Waals surface area contributed by atoms with E-state index < -0.39 is 23.8 Å². The van der Waals surface area contributed by atoms with Crippen molar-refractivity contribution in [2.45, 2.75) is 58.3 Å². The summed E-state index contributed by atoms with van der Waals surface area (Å²) >= 11 is 0. The van der Waals surface area contributed by atoms with Crippen LogP contribution in [-0.4, -0.2) is 50.7 Å². The first-order chi connectivity index (χ1) is 22.8. The minimum absolute atomic E-state index is 0.0248. The zero-order valence-corrected chi connectivity index (χ0v) is 27.1. The number of nitrogens with one attached hydrogen (secondary N) is 1. The summed E-state index contributed by atoms with van der Waals surface area (Å²) in [6, 6.07) is 17.6. The molecule has 3 aromatic rings. The molecule has 250 valence electrons. The molecule has 0 atom stereocenters. The maximum absolute atomic E-state index is 13.0. The van der Waals surface area contributed by atoms with Crippen molar-refractivity contribution in [1.82, 2.24) is 0 Å². The highest BCUT2D eigenvalue weighted by molar-refractivity contribution is 6.08. The monoisotopic (exact) mass is 645 g/mol. The van der Waals surface area contributed by atoms with Crippen LogP contribution in [0.2, 0.25) is 0 Å². The molecule has 10 nitrogen and oxygen atoms in total. The van der Waals surface area contributed by atoms with Gasteiger partial charge in [0.2, 0.25) is 0 Å². The van der Waals surface area contributed by atoms with Crippen molar-refractivity contribution in [3.05, 3.63) is 96.1 Å². The summed E-state index contributed by atoms with van der Waals surface area (Å²) < 4.78 is 26.8.